The molecule has 0 saturated heterocycles. The number of carbonyl (C=O) groups is 1. The predicted octanol–water partition coefficient (Wildman–Crippen LogP) is 2.72. The Bertz CT molecular complexity index is 373. The molecular formula is C10H9F2IO3. The van der Waals surface area contributed by atoms with Crippen LogP contribution < -0.4 is 0 Å². The van der Waals surface area contributed by atoms with Gasteiger partial charge in [-0.15, -0.1) is 0 Å². The van der Waals surface area contributed by atoms with E-state index in [1.54, 1.807) is 29.5 Å². The molecule has 16 heavy (non-hydrogen) atoms. The molecule has 6 heteroatoms. The molecule has 0 atom stereocenters. The molecule has 1 aromatic rings. The monoisotopic (exact) mass is 342 g/mol. The Kier molecular flexibility index (Phi) is 5.07. The molecule has 0 aliphatic carbocycles. The second kappa shape index (κ2) is 6.09. The van der Waals surface area contributed by atoms with Crippen LogP contribution in [-0.4, -0.2) is 19.4 Å². The van der Waals surface area contributed by atoms with Gasteiger partial charge in [-0.3, -0.25) is 0 Å². The summed E-state index contributed by atoms with van der Waals surface area (Å²) in [4.78, 5) is 11.3. The van der Waals surface area contributed by atoms with Crippen molar-refractivity contribution >= 4 is 28.6 Å². The first-order valence-electron chi connectivity index (χ1n) is 4.45. The maximum Gasteiger partial charge on any atom is 0.340 e. The van der Waals surface area contributed by atoms with Crippen LogP contribution in [0.4, 0.5) is 8.78 Å². The number of hydrogen-bond acceptors (Lipinski definition) is 3. The third kappa shape index (κ3) is 3.38. The fourth-order valence-electron chi connectivity index (χ4n) is 0.935. The number of hydrogen-bond donors (Lipinski definition) is 0. The van der Waals surface area contributed by atoms with Crippen molar-refractivity contribution in [3.63, 3.8) is 0 Å². The maximum atomic E-state index is 13.0. The van der Waals surface area contributed by atoms with Crippen LogP contribution in [-0.2, 0) is 9.47 Å². The zero-order valence-electron chi connectivity index (χ0n) is 8.43. The van der Waals surface area contributed by atoms with Gasteiger partial charge in [-0.1, -0.05) is 0 Å². The Morgan fingerprint density at radius 2 is 2.12 bits per heavy atom. The third-order valence-electron chi connectivity index (χ3n) is 1.70. The lowest BCUT2D eigenvalue weighted by Crippen LogP contribution is -2.10. The molecule has 0 radical (unpaired) electrons. The standard InChI is InChI=1S/C10H9F2IO3/c1-2-15-5-16-10(14)6-3-7(11)9(12)8(13)4-6/h3-4H,2,5H2,1H3. The molecule has 1 aromatic carbocycles. The van der Waals surface area contributed by atoms with Crippen molar-refractivity contribution in [2.24, 2.45) is 0 Å². The van der Waals surface area contributed by atoms with Gasteiger partial charge in [0.05, 0.1) is 9.13 Å². The van der Waals surface area contributed by atoms with E-state index < -0.39 is 17.6 Å². The number of rotatable bonds is 4. The number of benzene rings is 1. The molecule has 0 spiro atoms. The normalized spacial score (nSPS) is 10.2. The van der Waals surface area contributed by atoms with Crippen LogP contribution >= 0.6 is 22.6 Å². The van der Waals surface area contributed by atoms with Crippen LogP contribution in [0, 0.1) is 15.2 Å². The van der Waals surface area contributed by atoms with Crippen molar-refractivity contribution in [2.75, 3.05) is 13.4 Å². The SMILES string of the molecule is CCOCOC(=O)c1cc(F)c(F)c(I)c1. The Labute approximate surface area is 105 Å². The van der Waals surface area contributed by atoms with E-state index in [0.717, 1.165) is 6.07 Å². The number of halogens is 3. The largest absolute Gasteiger partial charge is 0.435 e. The van der Waals surface area contributed by atoms with Crippen LogP contribution in [0.25, 0.3) is 0 Å². The summed E-state index contributed by atoms with van der Waals surface area (Å²) in [6.45, 7) is 1.95. The smallest absolute Gasteiger partial charge is 0.340 e. The average Bonchev–Trinajstić information content (AvgIpc) is 2.25. The van der Waals surface area contributed by atoms with Crippen molar-refractivity contribution < 1.29 is 23.0 Å². The minimum atomic E-state index is -1.07. The number of ether oxygens (including phenoxy) is 2. The molecule has 0 aromatic heterocycles. The zero-order chi connectivity index (χ0) is 12.1. The summed E-state index contributed by atoms with van der Waals surface area (Å²) in [7, 11) is 0. The van der Waals surface area contributed by atoms with Gasteiger partial charge in [0, 0.05) is 6.61 Å². The molecule has 3 nitrogen and oxygen atoms in total. The van der Waals surface area contributed by atoms with Crippen molar-refractivity contribution in [1.29, 1.82) is 0 Å². The predicted molar refractivity (Wildman–Crippen MR) is 61.0 cm³/mol. The summed E-state index contributed by atoms with van der Waals surface area (Å²) in [6, 6.07) is 2.01. The Hall–Kier alpha value is -0.760. The molecule has 0 amide bonds. The highest BCUT2D eigenvalue weighted by Crippen LogP contribution is 2.17. The Morgan fingerprint density at radius 3 is 2.69 bits per heavy atom. The van der Waals surface area contributed by atoms with E-state index in [-0.39, 0.29) is 15.9 Å². The topological polar surface area (TPSA) is 35.5 Å². The minimum Gasteiger partial charge on any atom is -0.435 e. The second-order valence-electron chi connectivity index (χ2n) is 2.80. The van der Waals surface area contributed by atoms with Crippen molar-refractivity contribution in [2.45, 2.75) is 6.92 Å². The summed E-state index contributed by atoms with van der Waals surface area (Å²) in [6.07, 6.45) is 0. The van der Waals surface area contributed by atoms with Crippen LogP contribution in [0.3, 0.4) is 0 Å². The van der Waals surface area contributed by atoms with Gasteiger partial charge in [-0.2, -0.15) is 0 Å². The molecule has 0 aliphatic heterocycles. The van der Waals surface area contributed by atoms with Gasteiger partial charge >= 0.3 is 5.97 Å². The van der Waals surface area contributed by atoms with Crippen LogP contribution in [0.2, 0.25) is 0 Å². The molecule has 0 heterocycles. The van der Waals surface area contributed by atoms with Gasteiger partial charge in [0.25, 0.3) is 0 Å². The number of carbonyl (C=O) groups excluding carboxylic acids is 1. The summed E-state index contributed by atoms with van der Waals surface area (Å²) in [5.41, 5.74) is -0.0389. The van der Waals surface area contributed by atoms with Gasteiger partial charge in [0.15, 0.2) is 18.4 Å². The maximum absolute atomic E-state index is 13.0. The van der Waals surface area contributed by atoms with E-state index in [2.05, 4.69) is 4.74 Å². The van der Waals surface area contributed by atoms with Gasteiger partial charge in [-0.05, 0) is 41.6 Å². The van der Waals surface area contributed by atoms with Crippen LogP contribution in [0.15, 0.2) is 12.1 Å². The van der Waals surface area contributed by atoms with Crippen LogP contribution in [0.1, 0.15) is 17.3 Å². The molecular weight excluding hydrogens is 333 g/mol. The fourth-order valence-corrected chi connectivity index (χ4v) is 1.53. The first-order chi connectivity index (χ1) is 7.56. The molecule has 1 rings (SSSR count). The minimum absolute atomic E-state index is 0.0287. The molecule has 0 unspecified atom stereocenters. The van der Waals surface area contributed by atoms with Crippen molar-refractivity contribution in [3.8, 4) is 0 Å². The van der Waals surface area contributed by atoms with Gasteiger partial charge in [0.1, 0.15) is 0 Å². The highest BCUT2D eigenvalue weighted by molar-refractivity contribution is 14.1. The Balaban J connectivity index is 2.76. The molecule has 88 valence electrons. The highest BCUT2D eigenvalue weighted by Gasteiger charge is 2.14. The molecule has 0 bridgehead atoms. The third-order valence-corrected chi connectivity index (χ3v) is 2.48. The zero-order valence-corrected chi connectivity index (χ0v) is 10.6. The lowest BCUT2D eigenvalue weighted by atomic mass is 10.2. The molecule has 0 N–H and O–H groups in total. The molecule has 0 aliphatic rings. The van der Waals surface area contributed by atoms with Crippen molar-refractivity contribution in [1.82, 2.24) is 0 Å². The van der Waals surface area contributed by atoms with E-state index in [9.17, 15) is 13.6 Å². The molecule has 0 saturated carbocycles. The van der Waals surface area contributed by atoms with E-state index in [1.807, 2.05) is 0 Å². The summed E-state index contributed by atoms with van der Waals surface area (Å²) in [5.74, 6) is -2.79. The van der Waals surface area contributed by atoms with Gasteiger partial charge < -0.3 is 9.47 Å². The lowest BCUT2D eigenvalue weighted by molar-refractivity contribution is -0.0275. The van der Waals surface area contributed by atoms with Gasteiger partial charge in [0.2, 0.25) is 0 Å². The van der Waals surface area contributed by atoms with Gasteiger partial charge in [-0.25, -0.2) is 13.6 Å². The first kappa shape index (κ1) is 13.3. The summed E-state index contributed by atoms with van der Waals surface area (Å²) < 4.78 is 35.4. The fraction of sp³-hybridized carbons (Fsp3) is 0.300. The highest BCUT2D eigenvalue weighted by atomic mass is 127. The Morgan fingerprint density at radius 1 is 1.44 bits per heavy atom. The average molecular weight is 342 g/mol. The van der Waals surface area contributed by atoms with E-state index in [1.165, 1.54) is 6.07 Å². The molecule has 0 fully saturated rings. The number of esters is 1. The second-order valence-corrected chi connectivity index (χ2v) is 3.96. The quantitative estimate of drug-likeness (QED) is 0.278. The van der Waals surface area contributed by atoms with E-state index in [4.69, 9.17) is 4.74 Å². The van der Waals surface area contributed by atoms with Crippen LogP contribution in [0.5, 0.6) is 0 Å². The van der Waals surface area contributed by atoms with E-state index in [0.29, 0.717) is 6.61 Å². The van der Waals surface area contributed by atoms with E-state index >= 15 is 0 Å². The van der Waals surface area contributed by atoms with Crippen molar-refractivity contribution in [3.05, 3.63) is 32.9 Å². The summed E-state index contributed by atoms with van der Waals surface area (Å²) in [5, 5.41) is 0. The lowest BCUT2D eigenvalue weighted by Gasteiger charge is -2.05. The first-order valence-corrected chi connectivity index (χ1v) is 5.53. The summed E-state index contributed by atoms with van der Waals surface area (Å²) >= 11 is 1.60.